The van der Waals surface area contributed by atoms with E-state index >= 15 is 0 Å². The maximum absolute atomic E-state index is 12.9. The first-order valence-electron chi connectivity index (χ1n) is 8.13. The molecule has 0 bridgehead atoms. The topological polar surface area (TPSA) is 81.8 Å². The first kappa shape index (κ1) is 17.5. The smallest absolute Gasteiger partial charge is 0.248 e. The third-order valence-corrected chi connectivity index (χ3v) is 4.89. The summed E-state index contributed by atoms with van der Waals surface area (Å²) in [4.78, 5) is 37.5. The summed E-state index contributed by atoms with van der Waals surface area (Å²) in [6, 6.07) is 6.72. The Labute approximate surface area is 151 Å². The van der Waals surface area contributed by atoms with Crippen LogP contribution in [-0.4, -0.2) is 44.4 Å². The quantitative estimate of drug-likeness (QED) is 0.792. The SMILES string of the molecule is CCc1ccccc1NC(=O)[C@H]1CC(=O)N2C(=S)NC(=O)C(C)(C)N12. The summed E-state index contributed by atoms with van der Waals surface area (Å²) >= 11 is 5.11. The monoisotopic (exact) mass is 360 g/mol. The minimum Gasteiger partial charge on any atom is -0.324 e. The lowest BCUT2D eigenvalue weighted by Crippen LogP contribution is -2.71. The highest BCUT2D eigenvalue weighted by molar-refractivity contribution is 7.80. The second-order valence-electron chi connectivity index (χ2n) is 6.59. The van der Waals surface area contributed by atoms with E-state index in [2.05, 4.69) is 10.6 Å². The number of aryl methyl sites for hydroxylation is 1. The van der Waals surface area contributed by atoms with Gasteiger partial charge in [-0.15, -0.1) is 0 Å². The number of hydrazine groups is 1. The van der Waals surface area contributed by atoms with E-state index in [9.17, 15) is 14.4 Å². The number of carbonyl (C=O) groups excluding carboxylic acids is 3. The third-order valence-electron chi connectivity index (χ3n) is 4.61. The van der Waals surface area contributed by atoms with Gasteiger partial charge in [0.05, 0.1) is 6.42 Å². The number of nitrogens with one attached hydrogen (secondary N) is 2. The van der Waals surface area contributed by atoms with E-state index in [4.69, 9.17) is 12.2 Å². The molecular weight excluding hydrogens is 340 g/mol. The zero-order valence-corrected chi connectivity index (χ0v) is 15.1. The molecule has 2 saturated heterocycles. The fraction of sp³-hybridized carbons (Fsp3) is 0.412. The Balaban J connectivity index is 1.91. The highest BCUT2D eigenvalue weighted by atomic mass is 32.1. The standard InChI is InChI=1S/C17H20N4O3S/c1-4-10-7-5-6-8-11(10)18-14(23)12-9-13(22)20-16(25)19-15(24)17(2,3)21(12)20/h5-8,12H,4,9H2,1-3H3,(H,18,23)(H,19,24,25)/t12-/m1/s1. The van der Waals surface area contributed by atoms with Gasteiger partial charge in [0.25, 0.3) is 0 Å². The van der Waals surface area contributed by atoms with E-state index in [-0.39, 0.29) is 29.3 Å². The van der Waals surface area contributed by atoms with Crippen molar-refractivity contribution in [2.24, 2.45) is 0 Å². The van der Waals surface area contributed by atoms with Crippen molar-refractivity contribution >= 4 is 40.7 Å². The molecule has 0 radical (unpaired) electrons. The Morgan fingerprint density at radius 1 is 1.36 bits per heavy atom. The molecule has 0 aromatic heterocycles. The number of fused-ring (bicyclic) bond motifs is 1. The van der Waals surface area contributed by atoms with Gasteiger partial charge < -0.3 is 5.32 Å². The molecule has 0 spiro atoms. The van der Waals surface area contributed by atoms with Crippen LogP contribution < -0.4 is 10.6 Å². The van der Waals surface area contributed by atoms with Crippen LogP contribution in [0.1, 0.15) is 32.8 Å². The summed E-state index contributed by atoms with van der Waals surface area (Å²) in [5.41, 5.74) is 0.645. The predicted octanol–water partition coefficient (Wildman–Crippen LogP) is 1.20. The van der Waals surface area contributed by atoms with Crippen molar-refractivity contribution in [3.63, 3.8) is 0 Å². The van der Waals surface area contributed by atoms with Gasteiger partial charge in [-0.05, 0) is 44.1 Å². The lowest BCUT2D eigenvalue weighted by Gasteiger charge is -2.45. The summed E-state index contributed by atoms with van der Waals surface area (Å²) in [5.74, 6) is -0.973. The van der Waals surface area contributed by atoms with Crippen LogP contribution in [0.2, 0.25) is 0 Å². The number of rotatable bonds is 3. The van der Waals surface area contributed by atoms with Crippen LogP contribution in [0.3, 0.4) is 0 Å². The number of nitrogens with zero attached hydrogens (tertiary/aromatic N) is 2. The molecule has 0 unspecified atom stereocenters. The van der Waals surface area contributed by atoms with E-state index in [1.807, 2.05) is 31.2 Å². The Hall–Kier alpha value is -2.32. The average molecular weight is 360 g/mol. The van der Waals surface area contributed by atoms with Crippen LogP contribution in [0.4, 0.5) is 5.69 Å². The van der Waals surface area contributed by atoms with E-state index in [1.165, 1.54) is 10.0 Å². The number of hydrogen-bond donors (Lipinski definition) is 2. The highest BCUT2D eigenvalue weighted by Gasteiger charge is 2.56. The normalized spacial score (nSPS) is 22.6. The first-order valence-corrected chi connectivity index (χ1v) is 8.54. The fourth-order valence-electron chi connectivity index (χ4n) is 3.23. The van der Waals surface area contributed by atoms with E-state index in [0.29, 0.717) is 5.69 Å². The number of benzene rings is 1. The predicted molar refractivity (Wildman–Crippen MR) is 96.4 cm³/mol. The van der Waals surface area contributed by atoms with Crippen LogP contribution in [-0.2, 0) is 20.8 Å². The van der Waals surface area contributed by atoms with Crippen molar-refractivity contribution in [2.45, 2.75) is 45.2 Å². The molecule has 2 N–H and O–H groups in total. The van der Waals surface area contributed by atoms with Crippen molar-refractivity contribution < 1.29 is 14.4 Å². The van der Waals surface area contributed by atoms with E-state index in [0.717, 1.165) is 12.0 Å². The van der Waals surface area contributed by atoms with Crippen molar-refractivity contribution in [1.29, 1.82) is 0 Å². The number of thiocarbonyl (C=S) groups is 1. The molecule has 8 heteroatoms. The molecule has 2 aliphatic heterocycles. The van der Waals surface area contributed by atoms with Crippen LogP contribution >= 0.6 is 12.2 Å². The van der Waals surface area contributed by atoms with E-state index in [1.54, 1.807) is 13.8 Å². The number of anilines is 1. The fourth-order valence-corrected chi connectivity index (χ4v) is 3.51. The lowest BCUT2D eigenvalue weighted by molar-refractivity contribution is -0.154. The zero-order chi connectivity index (χ0) is 18.4. The molecule has 2 aliphatic rings. The molecule has 3 amide bonds. The molecular formula is C17H20N4O3S. The number of hydrogen-bond acceptors (Lipinski definition) is 5. The molecule has 2 fully saturated rings. The number of amides is 3. The second-order valence-corrected chi connectivity index (χ2v) is 6.97. The molecule has 0 aliphatic carbocycles. The summed E-state index contributed by atoms with van der Waals surface area (Å²) in [6.45, 7) is 5.33. The van der Waals surface area contributed by atoms with Crippen LogP contribution in [0.25, 0.3) is 0 Å². The minimum atomic E-state index is -1.07. The largest absolute Gasteiger partial charge is 0.324 e. The van der Waals surface area contributed by atoms with Crippen molar-refractivity contribution in [2.75, 3.05) is 5.32 Å². The molecule has 2 heterocycles. The third kappa shape index (κ3) is 2.81. The lowest BCUT2D eigenvalue weighted by atomic mass is 10.00. The number of carbonyl (C=O) groups is 3. The second kappa shape index (κ2) is 6.20. The Kier molecular flexibility index (Phi) is 4.34. The van der Waals surface area contributed by atoms with Crippen LogP contribution in [0.15, 0.2) is 24.3 Å². The maximum Gasteiger partial charge on any atom is 0.248 e. The zero-order valence-electron chi connectivity index (χ0n) is 14.3. The van der Waals surface area contributed by atoms with Crippen molar-refractivity contribution in [3.05, 3.63) is 29.8 Å². The first-order chi connectivity index (χ1) is 11.8. The molecule has 1 atom stereocenters. The average Bonchev–Trinajstić information content (AvgIpc) is 2.92. The molecule has 1 aromatic rings. The molecule has 3 rings (SSSR count). The molecule has 25 heavy (non-hydrogen) atoms. The van der Waals surface area contributed by atoms with Crippen LogP contribution in [0, 0.1) is 0 Å². The van der Waals surface area contributed by atoms with Gasteiger partial charge in [0.2, 0.25) is 17.7 Å². The molecule has 132 valence electrons. The van der Waals surface area contributed by atoms with Gasteiger partial charge in [0, 0.05) is 5.69 Å². The van der Waals surface area contributed by atoms with Crippen LogP contribution in [0.5, 0.6) is 0 Å². The van der Waals surface area contributed by atoms with Crippen molar-refractivity contribution in [3.8, 4) is 0 Å². The van der Waals surface area contributed by atoms with Gasteiger partial charge in [-0.1, -0.05) is 25.1 Å². The van der Waals surface area contributed by atoms with Gasteiger partial charge >= 0.3 is 0 Å². The minimum absolute atomic E-state index is 0.0126. The van der Waals surface area contributed by atoms with Gasteiger partial charge in [-0.25, -0.2) is 5.01 Å². The summed E-state index contributed by atoms with van der Waals surface area (Å²) < 4.78 is 0. The van der Waals surface area contributed by atoms with Gasteiger partial charge in [-0.3, -0.25) is 19.7 Å². The van der Waals surface area contributed by atoms with Crippen molar-refractivity contribution in [1.82, 2.24) is 15.3 Å². The van der Waals surface area contributed by atoms with Gasteiger partial charge in [0.1, 0.15) is 11.6 Å². The summed E-state index contributed by atoms with van der Waals surface area (Å²) in [7, 11) is 0. The Morgan fingerprint density at radius 2 is 2.04 bits per heavy atom. The van der Waals surface area contributed by atoms with E-state index < -0.39 is 11.6 Å². The summed E-state index contributed by atoms with van der Waals surface area (Å²) in [5, 5.41) is 8.14. The Morgan fingerprint density at radius 3 is 2.72 bits per heavy atom. The molecule has 1 aromatic carbocycles. The molecule has 7 nitrogen and oxygen atoms in total. The van der Waals surface area contributed by atoms with Gasteiger partial charge in [-0.2, -0.15) is 5.01 Å². The Bertz CT molecular complexity index is 777. The molecule has 0 saturated carbocycles. The number of para-hydroxylation sites is 1. The maximum atomic E-state index is 12.9. The summed E-state index contributed by atoms with van der Waals surface area (Å²) in [6.07, 6.45) is 0.743. The van der Waals surface area contributed by atoms with Gasteiger partial charge in [0.15, 0.2) is 5.11 Å². The highest BCUT2D eigenvalue weighted by Crippen LogP contribution is 2.33.